The third-order valence-corrected chi connectivity index (χ3v) is 7.96. The van der Waals surface area contributed by atoms with Crippen molar-refractivity contribution in [1.82, 2.24) is 0 Å². The number of amides is 3. The molecular weight excluding hydrogens is 444 g/mol. The highest BCUT2D eigenvalue weighted by atomic mass is 16.5. The normalized spacial score (nSPS) is 28.9. The van der Waals surface area contributed by atoms with Gasteiger partial charge in [0, 0.05) is 18.7 Å². The van der Waals surface area contributed by atoms with Gasteiger partial charge in [0.05, 0.1) is 23.4 Å². The number of carbonyl (C=O) groups is 4. The van der Waals surface area contributed by atoms with Crippen molar-refractivity contribution in [1.29, 1.82) is 0 Å². The predicted octanol–water partition coefficient (Wildman–Crippen LogP) is 3.57. The minimum absolute atomic E-state index is 0.0974. The molecule has 3 amide bonds. The monoisotopic (exact) mass is 470 g/mol. The molecule has 0 spiro atoms. The van der Waals surface area contributed by atoms with Crippen LogP contribution >= 0.6 is 0 Å². The fraction of sp³-hybridized carbons (Fsp3) is 0.357. The summed E-state index contributed by atoms with van der Waals surface area (Å²) >= 11 is 0. The van der Waals surface area contributed by atoms with E-state index >= 15 is 0 Å². The molecular formula is C28H26N2O5. The zero-order valence-corrected chi connectivity index (χ0v) is 19.6. The molecule has 35 heavy (non-hydrogen) atoms. The topological polar surface area (TPSA) is 84.0 Å². The van der Waals surface area contributed by atoms with Gasteiger partial charge in [-0.3, -0.25) is 19.2 Å². The summed E-state index contributed by atoms with van der Waals surface area (Å²) in [6.45, 7) is 4.01. The number of esters is 1. The molecule has 178 valence electrons. The Morgan fingerprint density at radius 2 is 1.57 bits per heavy atom. The smallest absolute Gasteiger partial charge is 0.316 e. The lowest BCUT2D eigenvalue weighted by Gasteiger charge is -2.20. The highest BCUT2D eigenvalue weighted by Crippen LogP contribution is 2.53. The summed E-state index contributed by atoms with van der Waals surface area (Å²) in [5.74, 6) is -1.28. The molecule has 2 aliphatic heterocycles. The second kappa shape index (κ2) is 7.90. The number of fused-ring (bicyclic) bond motifs is 5. The average molecular weight is 471 g/mol. The molecule has 7 nitrogen and oxygen atoms in total. The molecule has 2 saturated heterocycles. The van der Waals surface area contributed by atoms with Crippen molar-refractivity contribution < 1.29 is 23.9 Å². The minimum atomic E-state index is -0.564. The maximum absolute atomic E-state index is 13.1. The fourth-order valence-corrected chi connectivity index (χ4v) is 6.25. The van der Waals surface area contributed by atoms with Crippen molar-refractivity contribution in [3.05, 3.63) is 65.7 Å². The number of allylic oxidation sites excluding steroid dienone is 2. The molecule has 3 fully saturated rings. The van der Waals surface area contributed by atoms with Crippen LogP contribution in [0, 0.1) is 43.4 Å². The van der Waals surface area contributed by atoms with E-state index < -0.39 is 11.9 Å². The van der Waals surface area contributed by atoms with Gasteiger partial charge in [0.15, 0.2) is 0 Å². The summed E-state index contributed by atoms with van der Waals surface area (Å²) in [5.41, 5.74) is 3.00. The highest BCUT2D eigenvalue weighted by Gasteiger charge is 2.59. The van der Waals surface area contributed by atoms with Gasteiger partial charge in [0.1, 0.15) is 5.75 Å². The van der Waals surface area contributed by atoms with E-state index in [4.69, 9.17) is 4.74 Å². The lowest BCUT2D eigenvalue weighted by Crippen LogP contribution is -2.33. The first-order valence-corrected chi connectivity index (χ1v) is 12.1. The number of carbonyl (C=O) groups excluding carboxylic acids is 4. The minimum Gasteiger partial charge on any atom is -0.426 e. The number of para-hydroxylation sites is 1. The molecule has 2 bridgehead atoms. The maximum Gasteiger partial charge on any atom is 0.316 e. The van der Waals surface area contributed by atoms with E-state index in [0.717, 1.165) is 17.7 Å². The molecule has 0 radical (unpaired) electrons. The predicted molar refractivity (Wildman–Crippen MR) is 129 cm³/mol. The van der Waals surface area contributed by atoms with Gasteiger partial charge < -0.3 is 9.64 Å². The Balaban J connectivity index is 1.16. The number of hydrogen-bond donors (Lipinski definition) is 0. The number of aryl methyl sites for hydroxylation is 2. The van der Waals surface area contributed by atoms with E-state index in [-0.39, 0.29) is 54.4 Å². The van der Waals surface area contributed by atoms with Crippen molar-refractivity contribution in [2.45, 2.75) is 26.7 Å². The van der Waals surface area contributed by atoms with Gasteiger partial charge in [-0.1, -0.05) is 30.4 Å². The summed E-state index contributed by atoms with van der Waals surface area (Å²) in [5, 5.41) is 0. The van der Waals surface area contributed by atoms with Crippen LogP contribution in [0.5, 0.6) is 5.75 Å². The third kappa shape index (κ3) is 3.32. The molecule has 2 aromatic carbocycles. The maximum atomic E-state index is 13.1. The van der Waals surface area contributed by atoms with Crippen LogP contribution in [0.1, 0.15) is 24.0 Å². The van der Waals surface area contributed by atoms with Crippen molar-refractivity contribution in [3.63, 3.8) is 0 Å². The van der Waals surface area contributed by atoms with Gasteiger partial charge in [-0.25, -0.2) is 4.90 Å². The molecule has 0 N–H and O–H groups in total. The Kier molecular flexibility index (Phi) is 4.91. The van der Waals surface area contributed by atoms with E-state index in [0.29, 0.717) is 17.0 Å². The summed E-state index contributed by atoms with van der Waals surface area (Å²) in [6.07, 6.45) is 5.13. The lowest BCUT2D eigenvalue weighted by atomic mass is 9.85. The Hall–Kier alpha value is -3.74. The van der Waals surface area contributed by atoms with Crippen LogP contribution in [0.3, 0.4) is 0 Å². The van der Waals surface area contributed by atoms with Crippen molar-refractivity contribution in [2.75, 3.05) is 16.3 Å². The first kappa shape index (κ1) is 21.8. The van der Waals surface area contributed by atoms with E-state index in [1.54, 1.807) is 30.0 Å². The van der Waals surface area contributed by atoms with E-state index in [1.165, 1.54) is 4.90 Å². The van der Waals surface area contributed by atoms with Crippen molar-refractivity contribution in [2.24, 2.45) is 29.6 Å². The van der Waals surface area contributed by atoms with E-state index in [1.807, 2.05) is 31.2 Å². The first-order chi connectivity index (χ1) is 16.8. The Labute approximate surface area is 203 Å². The number of imide groups is 1. The Morgan fingerprint density at radius 3 is 2.23 bits per heavy atom. The van der Waals surface area contributed by atoms with Crippen LogP contribution in [0.2, 0.25) is 0 Å². The molecule has 4 aliphatic rings. The second-order valence-corrected chi connectivity index (χ2v) is 10.1. The zero-order chi connectivity index (χ0) is 24.4. The van der Waals surface area contributed by atoms with Crippen LogP contribution in [0.25, 0.3) is 0 Å². The number of hydrogen-bond acceptors (Lipinski definition) is 5. The summed E-state index contributed by atoms with van der Waals surface area (Å²) in [6, 6.07) is 12.5. The van der Waals surface area contributed by atoms with Gasteiger partial charge >= 0.3 is 5.97 Å². The largest absolute Gasteiger partial charge is 0.426 e. The standard InChI is InChI=1S/C28H26N2O5/c1-15-5-3-4-6-21(15)29-14-19(13-23(29)31)28(34)35-20-9-10-22(16(2)11-20)30-26(32)24-17-7-8-18(12-17)25(24)27(30)33/h3-11,17-19,24-25H,12-14H2,1-2H3/t17-,18-,19-,24-,25+/m0/s1. The van der Waals surface area contributed by atoms with Crippen LogP contribution in [-0.4, -0.2) is 30.2 Å². The van der Waals surface area contributed by atoms with E-state index in [2.05, 4.69) is 12.2 Å². The van der Waals surface area contributed by atoms with Crippen LogP contribution in [-0.2, 0) is 19.2 Å². The van der Waals surface area contributed by atoms with E-state index in [9.17, 15) is 19.2 Å². The van der Waals surface area contributed by atoms with Gasteiger partial charge in [-0.2, -0.15) is 0 Å². The molecule has 2 heterocycles. The van der Waals surface area contributed by atoms with Gasteiger partial charge in [-0.15, -0.1) is 0 Å². The molecule has 2 aromatic rings. The summed E-state index contributed by atoms with van der Waals surface area (Å²) < 4.78 is 5.62. The second-order valence-electron chi connectivity index (χ2n) is 10.1. The number of benzene rings is 2. The van der Waals surface area contributed by atoms with Crippen molar-refractivity contribution in [3.8, 4) is 5.75 Å². The SMILES string of the molecule is Cc1ccccc1N1C[C@@H](C(=O)Oc2ccc(N3C(=O)[C@@H]4[C@H](C3=O)[C@H]3C=C[C@H]4C3)c(C)c2)CC1=O. The third-order valence-electron chi connectivity index (χ3n) is 7.96. The number of anilines is 2. The van der Waals surface area contributed by atoms with Crippen LogP contribution in [0.15, 0.2) is 54.6 Å². The number of ether oxygens (including phenoxy) is 1. The van der Waals surface area contributed by atoms with Crippen LogP contribution in [0.4, 0.5) is 11.4 Å². The Morgan fingerprint density at radius 1 is 0.886 bits per heavy atom. The summed E-state index contributed by atoms with van der Waals surface area (Å²) in [7, 11) is 0. The molecule has 1 saturated carbocycles. The zero-order valence-electron chi connectivity index (χ0n) is 19.6. The molecule has 0 unspecified atom stereocenters. The number of nitrogens with zero attached hydrogens (tertiary/aromatic N) is 2. The quantitative estimate of drug-likeness (QED) is 0.295. The van der Waals surface area contributed by atoms with Gasteiger partial charge in [-0.05, 0) is 67.5 Å². The fourth-order valence-electron chi connectivity index (χ4n) is 6.25. The van der Waals surface area contributed by atoms with Crippen molar-refractivity contribution >= 4 is 35.1 Å². The molecule has 0 aromatic heterocycles. The Bertz CT molecular complexity index is 1280. The number of rotatable bonds is 4. The van der Waals surface area contributed by atoms with Crippen LogP contribution < -0.4 is 14.5 Å². The molecule has 5 atom stereocenters. The molecule has 6 rings (SSSR count). The molecule has 7 heteroatoms. The average Bonchev–Trinajstić information content (AvgIpc) is 3.59. The summed E-state index contributed by atoms with van der Waals surface area (Å²) in [4.78, 5) is 54.7. The molecule has 2 aliphatic carbocycles. The van der Waals surface area contributed by atoms with Gasteiger partial charge in [0.25, 0.3) is 0 Å². The first-order valence-electron chi connectivity index (χ1n) is 12.1. The highest BCUT2D eigenvalue weighted by molar-refractivity contribution is 6.23. The lowest BCUT2D eigenvalue weighted by molar-refractivity contribution is -0.139. The van der Waals surface area contributed by atoms with Gasteiger partial charge in [0.2, 0.25) is 17.7 Å².